The van der Waals surface area contributed by atoms with Crippen molar-refractivity contribution >= 4 is 0 Å². The monoisotopic (exact) mass is 197 g/mol. The van der Waals surface area contributed by atoms with Crippen molar-refractivity contribution in [3.8, 4) is 5.75 Å². The number of hydrogen-bond acceptors (Lipinski definition) is 4. The summed E-state index contributed by atoms with van der Waals surface area (Å²) in [5.74, 6) is 0.170. The topological polar surface area (TPSA) is 86.7 Å². The second-order valence-corrected chi connectivity index (χ2v) is 3.29. The van der Waals surface area contributed by atoms with Gasteiger partial charge in [-0.3, -0.25) is 0 Å². The fraction of sp³-hybridized carbons (Fsp3) is 0.400. The third-order valence-electron chi connectivity index (χ3n) is 2.17. The third-order valence-corrected chi connectivity index (χ3v) is 2.17. The number of phenolic OH excluding ortho intramolecular Hbond substituents is 1. The zero-order valence-corrected chi connectivity index (χ0v) is 8.01. The van der Waals surface area contributed by atoms with E-state index >= 15 is 0 Å². The Hall–Kier alpha value is -1.10. The molecule has 0 saturated carbocycles. The Balaban J connectivity index is 2.91. The zero-order valence-electron chi connectivity index (χ0n) is 8.01. The van der Waals surface area contributed by atoms with E-state index < -0.39 is 12.2 Å². The van der Waals surface area contributed by atoms with E-state index in [9.17, 15) is 15.3 Å². The van der Waals surface area contributed by atoms with Crippen molar-refractivity contribution in [2.24, 2.45) is 5.73 Å². The second kappa shape index (κ2) is 4.41. The summed E-state index contributed by atoms with van der Waals surface area (Å²) in [5.41, 5.74) is 6.43. The predicted molar refractivity (Wildman–Crippen MR) is 52.9 cm³/mol. The number of hydrogen-bond donors (Lipinski definition) is 4. The lowest BCUT2D eigenvalue weighted by Crippen LogP contribution is -2.27. The quantitative estimate of drug-likeness (QED) is 0.551. The first-order valence-corrected chi connectivity index (χ1v) is 4.42. The Bertz CT molecular complexity index is 314. The molecule has 0 aromatic heterocycles. The SMILES string of the molecule is Cc1cc(C(O)C(O)CN)ccc1O. The number of nitrogens with two attached hydrogens (primary N) is 1. The minimum atomic E-state index is -1.00. The maximum absolute atomic E-state index is 9.59. The highest BCUT2D eigenvalue weighted by Gasteiger charge is 2.16. The van der Waals surface area contributed by atoms with E-state index in [1.54, 1.807) is 19.1 Å². The van der Waals surface area contributed by atoms with Crippen LogP contribution in [-0.2, 0) is 0 Å². The van der Waals surface area contributed by atoms with Crippen LogP contribution in [0.25, 0.3) is 0 Å². The first-order chi connectivity index (χ1) is 6.56. The van der Waals surface area contributed by atoms with Crippen LogP contribution in [0.2, 0.25) is 0 Å². The molecule has 0 heterocycles. The molecule has 1 rings (SSSR count). The summed E-state index contributed by atoms with van der Waals surface area (Å²) >= 11 is 0. The molecule has 0 fully saturated rings. The average molecular weight is 197 g/mol. The molecule has 0 aliphatic carbocycles. The normalized spacial score (nSPS) is 15.1. The highest BCUT2D eigenvalue weighted by molar-refractivity contribution is 5.36. The number of benzene rings is 1. The molecule has 1 aromatic rings. The lowest BCUT2D eigenvalue weighted by molar-refractivity contribution is 0.0243. The van der Waals surface area contributed by atoms with Crippen molar-refractivity contribution in [3.63, 3.8) is 0 Å². The first-order valence-electron chi connectivity index (χ1n) is 4.42. The maximum atomic E-state index is 9.59. The molecule has 2 atom stereocenters. The highest BCUT2D eigenvalue weighted by atomic mass is 16.3. The summed E-state index contributed by atoms with van der Waals surface area (Å²) in [4.78, 5) is 0. The molecule has 0 aliphatic rings. The number of phenols is 1. The summed E-state index contributed by atoms with van der Waals surface area (Å²) in [7, 11) is 0. The first kappa shape index (κ1) is 11.0. The number of aryl methyl sites for hydroxylation is 1. The molecule has 2 unspecified atom stereocenters. The molecule has 0 radical (unpaired) electrons. The molecule has 0 spiro atoms. The second-order valence-electron chi connectivity index (χ2n) is 3.29. The molecule has 4 heteroatoms. The smallest absolute Gasteiger partial charge is 0.118 e. The van der Waals surface area contributed by atoms with Crippen molar-refractivity contribution in [2.45, 2.75) is 19.1 Å². The van der Waals surface area contributed by atoms with Gasteiger partial charge in [0.05, 0.1) is 6.10 Å². The average Bonchev–Trinajstić information content (AvgIpc) is 2.20. The van der Waals surface area contributed by atoms with Crippen molar-refractivity contribution in [2.75, 3.05) is 6.54 Å². The van der Waals surface area contributed by atoms with Crippen LogP contribution in [0.3, 0.4) is 0 Å². The van der Waals surface area contributed by atoms with Gasteiger partial charge in [0, 0.05) is 6.54 Å². The molecule has 0 aliphatic heterocycles. The van der Waals surface area contributed by atoms with Crippen molar-refractivity contribution in [3.05, 3.63) is 29.3 Å². The van der Waals surface area contributed by atoms with Gasteiger partial charge in [0.2, 0.25) is 0 Å². The van der Waals surface area contributed by atoms with Crippen LogP contribution < -0.4 is 5.73 Å². The van der Waals surface area contributed by atoms with Gasteiger partial charge >= 0.3 is 0 Å². The molecule has 5 N–H and O–H groups in total. The molecule has 0 amide bonds. The lowest BCUT2D eigenvalue weighted by atomic mass is 10.0. The van der Waals surface area contributed by atoms with Gasteiger partial charge in [0.1, 0.15) is 11.9 Å². The van der Waals surface area contributed by atoms with Crippen molar-refractivity contribution < 1.29 is 15.3 Å². The van der Waals surface area contributed by atoms with Crippen molar-refractivity contribution in [1.82, 2.24) is 0 Å². The highest BCUT2D eigenvalue weighted by Crippen LogP contribution is 2.23. The van der Waals surface area contributed by atoms with Gasteiger partial charge in [-0.2, -0.15) is 0 Å². The summed E-state index contributed by atoms with van der Waals surface area (Å²) in [6.07, 6.45) is -1.97. The van der Waals surface area contributed by atoms with Crippen LogP contribution in [0, 0.1) is 6.92 Å². The fourth-order valence-corrected chi connectivity index (χ4v) is 1.21. The molecule has 14 heavy (non-hydrogen) atoms. The maximum Gasteiger partial charge on any atom is 0.118 e. The molecule has 1 aromatic carbocycles. The Morgan fingerprint density at radius 2 is 2.00 bits per heavy atom. The third kappa shape index (κ3) is 2.23. The molecular weight excluding hydrogens is 182 g/mol. The van der Waals surface area contributed by atoms with E-state index in [4.69, 9.17) is 5.73 Å². The Morgan fingerprint density at radius 3 is 2.50 bits per heavy atom. The minimum absolute atomic E-state index is 0.00108. The Morgan fingerprint density at radius 1 is 1.36 bits per heavy atom. The largest absolute Gasteiger partial charge is 0.508 e. The molecule has 78 valence electrons. The van der Waals surface area contributed by atoms with E-state index in [2.05, 4.69) is 0 Å². The van der Waals surface area contributed by atoms with Gasteiger partial charge in [-0.25, -0.2) is 0 Å². The molecular formula is C10H15NO3. The van der Waals surface area contributed by atoms with Crippen LogP contribution in [-0.4, -0.2) is 28.0 Å². The predicted octanol–water partition coefficient (Wildman–Crippen LogP) is 0.0536. The van der Waals surface area contributed by atoms with Crippen molar-refractivity contribution in [1.29, 1.82) is 0 Å². The molecule has 4 nitrogen and oxygen atoms in total. The van der Waals surface area contributed by atoms with Gasteiger partial charge in [-0.05, 0) is 30.2 Å². The fourth-order valence-electron chi connectivity index (χ4n) is 1.21. The Labute approximate surface area is 82.6 Å². The van der Waals surface area contributed by atoms with E-state index in [0.29, 0.717) is 11.1 Å². The summed E-state index contributed by atoms with van der Waals surface area (Å²) in [6, 6.07) is 4.67. The standard InChI is InChI=1S/C10H15NO3/c1-6-4-7(2-3-8(6)12)10(14)9(13)5-11/h2-4,9-10,12-14H,5,11H2,1H3. The van der Waals surface area contributed by atoms with Gasteiger partial charge < -0.3 is 21.1 Å². The Kier molecular flexibility index (Phi) is 3.46. The van der Waals surface area contributed by atoms with Crippen LogP contribution >= 0.6 is 0 Å². The van der Waals surface area contributed by atoms with E-state index in [1.807, 2.05) is 0 Å². The van der Waals surface area contributed by atoms with Crippen LogP contribution in [0.5, 0.6) is 5.75 Å². The summed E-state index contributed by atoms with van der Waals surface area (Å²) < 4.78 is 0. The summed E-state index contributed by atoms with van der Waals surface area (Å²) in [5, 5.41) is 28.1. The van der Waals surface area contributed by atoms with Crippen LogP contribution in [0.4, 0.5) is 0 Å². The zero-order chi connectivity index (χ0) is 10.7. The number of aromatic hydroxyl groups is 1. The van der Waals surface area contributed by atoms with Crippen LogP contribution in [0.15, 0.2) is 18.2 Å². The number of aliphatic hydroxyl groups is 2. The van der Waals surface area contributed by atoms with E-state index in [1.165, 1.54) is 6.07 Å². The minimum Gasteiger partial charge on any atom is -0.508 e. The van der Waals surface area contributed by atoms with Gasteiger partial charge in [0.15, 0.2) is 0 Å². The van der Waals surface area contributed by atoms with Gasteiger partial charge in [0.25, 0.3) is 0 Å². The number of aliphatic hydroxyl groups excluding tert-OH is 2. The van der Waals surface area contributed by atoms with Gasteiger partial charge in [-0.1, -0.05) is 6.07 Å². The van der Waals surface area contributed by atoms with E-state index in [-0.39, 0.29) is 12.3 Å². The van der Waals surface area contributed by atoms with Gasteiger partial charge in [-0.15, -0.1) is 0 Å². The summed E-state index contributed by atoms with van der Waals surface area (Å²) in [6.45, 7) is 1.72. The number of rotatable bonds is 3. The van der Waals surface area contributed by atoms with Crippen LogP contribution in [0.1, 0.15) is 17.2 Å². The van der Waals surface area contributed by atoms with E-state index in [0.717, 1.165) is 0 Å². The molecule has 0 bridgehead atoms. The molecule has 0 saturated heterocycles. The lowest BCUT2D eigenvalue weighted by Gasteiger charge is -2.16.